The van der Waals surface area contributed by atoms with E-state index in [-0.39, 0.29) is 38.6 Å². The predicted molar refractivity (Wildman–Crippen MR) is 105 cm³/mol. The highest BCUT2D eigenvalue weighted by molar-refractivity contribution is 7.21. The molecule has 0 radical (unpaired) electrons. The Kier molecular flexibility index (Phi) is 6.70. The van der Waals surface area contributed by atoms with E-state index in [4.69, 9.17) is 16.3 Å². The van der Waals surface area contributed by atoms with Gasteiger partial charge in [-0.1, -0.05) is 11.6 Å². The van der Waals surface area contributed by atoms with Gasteiger partial charge in [-0.2, -0.15) is 13.2 Å². The Morgan fingerprint density at radius 2 is 2.14 bits per heavy atom. The molecule has 0 spiro atoms. The zero-order valence-electron chi connectivity index (χ0n) is 15.6. The van der Waals surface area contributed by atoms with Gasteiger partial charge in [-0.3, -0.25) is 14.5 Å². The smallest absolute Gasteiger partial charge is 0.417 e. The number of carbonyl (C=O) groups excluding carboxylic acids is 2. The van der Waals surface area contributed by atoms with Gasteiger partial charge in [-0.15, -0.1) is 11.3 Å². The topological polar surface area (TPSA) is 58.6 Å². The Labute approximate surface area is 174 Å². The number of fused-ring (bicyclic) bond motifs is 1. The molecule has 1 aromatic carbocycles. The van der Waals surface area contributed by atoms with Crippen molar-refractivity contribution in [1.82, 2.24) is 10.2 Å². The first-order valence-electron chi connectivity index (χ1n) is 9.11. The second-order valence-electron chi connectivity index (χ2n) is 6.90. The van der Waals surface area contributed by atoms with E-state index in [1.807, 2.05) is 0 Å². The lowest BCUT2D eigenvalue weighted by Crippen LogP contribution is -2.48. The summed E-state index contributed by atoms with van der Waals surface area (Å²) in [5.41, 5.74) is -0.804. The van der Waals surface area contributed by atoms with Crippen LogP contribution < -0.4 is 5.32 Å². The Hall–Kier alpha value is -1.84. The fourth-order valence-corrected chi connectivity index (χ4v) is 4.67. The van der Waals surface area contributed by atoms with Crippen molar-refractivity contribution >= 4 is 44.9 Å². The third-order valence-corrected chi connectivity index (χ3v) is 6.31. The number of hydrogen-bond acceptors (Lipinski definition) is 5. The molecule has 1 saturated heterocycles. The number of amides is 1. The number of nitrogens with zero attached hydrogens (tertiary/aromatic N) is 1. The highest BCUT2D eigenvalue weighted by atomic mass is 35.5. The third-order valence-electron chi connectivity index (χ3n) is 4.72. The van der Waals surface area contributed by atoms with E-state index >= 15 is 0 Å². The highest BCUT2D eigenvalue weighted by Crippen LogP contribution is 2.41. The average molecular weight is 449 g/mol. The molecule has 29 heavy (non-hydrogen) atoms. The molecular weight excluding hydrogens is 429 g/mol. The lowest BCUT2D eigenvalue weighted by molar-refractivity contribution is -0.141. The number of nitrogens with one attached hydrogen (secondary N) is 1. The number of hydrogen-bond donors (Lipinski definition) is 1. The van der Waals surface area contributed by atoms with Crippen molar-refractivity contribution in [2.75, 3.05) is 26.2 Å². The SMILES string of the molecule is CC(=O)OCCN1CCC[C@@H](NC(=O)c2cc3c(C(F)(F)F)ccc(Cl)c3s2)C1. The summed E-state index contributed by atoms with van der Waals surface area (Å²) in [7, 11) is 0. The summed E-state index contributed by atoms with van der Waals surface area (Å²) in [4.78, 5) is 25.8. The molecular formula is C19H20ClF3N2O3S. The number of alkyl halides is 3. The summed E-state index contributed by atoms with van der Waals surface area (Å²) in [5.74, 6) is -0.754. The number of thiophene rings is 1. The fourth-order valence-electron chi connectivity index (χ4n) is 3.40. The van der Waals surface area contributed by atoms with Gasteiger partial charge in [-0.05, 0) is 37.6 Å². The number of piperidine rings is 1. The summed E-state index contributed by atoms with van der Waals surface area (Å²) in [5, 5.41) is 3.02. The van der Waals surface area contributed by atoms with Crippen LogP contribution in [-0.2, 0) is 15.7 Å². The lowest BCUT2D eigenvalue weighted by atomic mass is 10.1. The molecule has 0 aliphatic carbocycles. The maximum Gasteiger partial charge on any atom is 0.417 e. The highest BCUT2D eigenvalue weighted by Gasteiger charge is 2.34. The van der Waals surface area contributed by atoms with Crippen molar-refractivity contribution in [2.45, 2.75) is 32.0 Å². The second-order valence-corrected chi connectivity index (χ2v) is 8.36. The van der Waals surface area contributed by atoms with Crippen molar-refractivity contribution in [2.24, 2.45) is 0 Å². The quantitative estimate of drug-likeness (QED) is 0.692. The van der Waals surface area contributed by atoms with Crippen LogP contribution in [0.1, 0.15) is 35.0 Å². The van der Waals surface area contributed by atoms with Gasteiger partial charge in [0.05, 0.1) is 20.2 Å². The van der Waals surface area contributed by atoms with Crippen LogP contribution in [0.5, 0.6) is 0 Å². The van der Waals surface area contributed by atoms with Crippen molar-refractivity contribution in [3.63, 3.8) is 0 Å². The fraction of sp³-hybridized carbons (Fsp3) is 0.474. The van der Waals surface area contributed by atoms with E-state index in [0.29, 0.717) is 13.1 Å². The first kappa shape index (κ1) is 21.9. The molecule has 0 saturated carbocycles. The van der Waals surface area contributed by atoms with Crippen LogP contribution in [0.3, 0.4) is 0 Å². The van der Waals surface area contributed by atoms with E-state index in [1.54, 1.807) is 0 Å². The molecule has 2 aromatic rings. The molecule has 0 unspecified atom stereocenters. The Morgan fingerprint density at radius 3 is 2.83 bits per heavy atom. The van der Waals surface area contributed by atoms with E-state index < -0.39 is 17.6 Å². The van der Waals surface area contributed by atoms with Gasteiger partial charge in [0.25, 0.3) is 5.91 Å². The van der Waals surface area contributed by atoms with E-state index in [0.717, 1.165) is 36.8 Å². The maximum absolute atomic E-state index is 13.3. The van der Waals surface area contributed by atoms with Gasteiger partial charge in [0.2, 0.25) is 0 Å². The number of carbonyl (C=O) groups is 2. The molecule has 10 heteroatoms. The Bertz CT molecular complexity index is 916. The predicted octanol–water partition coefficient (Wildman–Crippen LogP) is 4.33. The average Bonchev–Trinajstić information content (AvgIpc) is 3.07. The van der Waals surface area contributed by atoms with E-state index in [1.165, 1.54) is 19.1 Å². The monoisotopic (exact) mass is 448 g/mol. The van der Waals surface area contributed by atoms with Gasteiger partial charge in [0, 0.05) is 31.4 Å². The summed E-state index contributed by atoms with van der Waals surface area (Å²) in [6.45, 7) is 3.62. The minimum Gasteiger partial charge on any atom is -0.465 e. The normalized spacial score (nSPS) is 18.0. The number of halogens is 4. The summed E-state index contributed by atoms with van der Waals surface area (Å²) in [6.07, 6.45) is -2.89. The van der Waals surface area contributed by atoms with Gasteiger partial charge >= 0.3 is 12.1 Å². The summed E-state index contributed by atoms with van der Waals surface area (Å²) >= 11 is 7.00. The zero-order chi connectivity index (χ0) is 21.2. The van der Waals surface area contributed by atoms with E-state index in [2.05, 4.69) is 10.2 Å². The molecule has 1 atom stereocenters. The van der Waals surface area contributed by atoms with Crippen molar-refractivity contribution in [3.05, 3.63) is 33.7 Å². The van der Waals surface area contributed by atoms with Gasteiger partial charge in [0.1, 0.15) is 6.61 Å². The van der Waals surface area contributed by atoms with Gasteiger partial charge in [-0.25, -0.2) is 0 Å². The Morgan fingerprint density at radius 1 is 1.38 bits per heavy atom. The van der Waals surface area contributed by atoms with Gasteiger partial charge in [0.15, 0.2) is 0 Å². The van der Waals surface area contributed by atoms with Crippen molar-refractivity contribution in [3.8, 4) is 0 Å². The molecule has 3 rings (SSSR count). The molecule has 1 fully saturated rings. The van der Waals surface area contributed by atoms with Crippen LogP contribution in [0.15, 0.2) is 18.2 Å². The zero-order valence-corrected chi connectivity index (χ0v) is 17.2. The van der Waals surface area contributed by atoms with Crippen LogP contribution in [0.2, 0.25) is 5.02 Å². The molecule has 1 amide bonds. The summed E-state index contributed by atoms with van der Waals surface area (Å²) < 4.78 is 44.9. The van der Waals surface area contributed by atoms with Crippen LogP contribution >= 0.6 is 22.9 Å². The first-order chi connectivity index (χ1) is 13.6. The number of rotatable bonds is 5. The summed E-state index contributed by atoms with van der Waals surface area (Å²) in [6, 6.07) is 3.26. The molecule has 5 nitrogen and oxygen atoms in total. The molecule has 1 aliphatic heterocycles. The van der Waals surface area contributed by atoms with E-state index in [9.17, 15) is 22.8 Å². The number of esters is 1. The minimum absolute atomic E-state index is 0.0631. The minimum atomic E-state index is -4.52. The number of ether oxygens (including phenoxy) is 1. The van der Waals surface area contributed by atoms with Gasteiger partial charge < -0.3 is 10.1 Å². The molecule has 158 valence electrons. The molecule has 1 aliphatic rings. The second kappa shape index (κ2) is 8.89. The number of benzene rings is 1. The standard InChI is InChI=1S/C19H20ClF3N2O3S/c1-11(26)28-8-7-25-6-2-3-12(10-25)24-18(27)16-9-13-14(19(21,22)23)4-5-15(20)17(13)29-16/h4-5,9,12H,2-3,6-8,10H2,1H3,(H,24,27)/t12-/m1/s1. The number of likely N-dealkylation sites (tertiary alicyclic amines) is 1. The molecule has 1 N–H and O–H groups in total. The van der Waals surface area contributed by atoms with Crippen LogP contribution in [0.4, 0.5) is 13.2 Å². The van der Waals surface area contributed by atoms with Crippen LogP contribution in [0.25, 0.3) is 10.1 Å². The van der Waals surface area contributed by atoms with Crippen LogP contribution in [-0.4, -0.2) is 49.1 Å². The van der Waals surface area contributed by atoms with Crippen LogP contribution in [0, 0.1) is 0 Å². The van der Waals surface area contributed by atoms with Crippen molar-refractivity contribution in [1.29, 1.82) is 0 Å². The van der Waals surface area contributed by atoms with Crippen molar-refractivity contribution < 1.29 is 27.5 Å². The molecule has 2 heterocycles. The maximum atomic E-state index is 13.3. The Balaban J connectivity index is 1.70. The lowest BCUT2D eigenvalue weighted by Gasteiger charge is -2.32. The molecule has 0 bridgehead atoms. The first-order valence-corrected chi connectivity index (χ1v) is 10.3. The molecule has 1 aromatic heterocycles. The third kappa shape index (κ3) is 5.40. The largest absolute Gasteiger partial charge is 0.465 e.